The first-order valence-corrected chi connectivity index (χ1v) is 8.79. The molecule has 20 heavy (non-hydrogen) atoms. The minimum absolute atomic E-state index is 0.402. The van der Waals surface area contributed by atoms with Crippen molar-refractivity contribution in [1.29, 1.82) is 0 Å². The standard InChI is InChI=1S/C17H20BrNS/c1-17(2,3)12-6-9-14-15(10-12)20-16(19-14)11-4-7-13(18)8-5-11/h4-5,7-8,12H,6,9-10H2,1-3H3. The second kappa shape index (κ2) is 5.27. The molecule has 1 aliphatic rings. The summed E-state index contributed by atoms with van der Waals surface area (Å²) in [5, 5.41) is 1.18. The van der Waals surface area contributed by atoms with Gasteiger partial charge in [0.05, 0.1) is 5.69 Å². The molecule has 0 fully saturated rings. The molecule has 0 bridgehead atoms. The Hall–Kier alpha value is -0.670. The third-order valence-electron chi connectivity index (χ3n) is 4.26. The summed E-state index contributed by atoms with van der Waals surface area (Å²) in [6.07, 6.45) is 3.62. The van der Waals surface area contributed by atoms with E-state index in [4.69, 9.17) is 4.98 Å². The van der Waals surface area contributed by atoms with Gasteiger partial charge in [-0.1, -0.05) is 48.8 Å². The van der Waals surface area contributed by atoms with Crippen molar-refractivity contribution in [2.24, 2.45) is 11.3 Å². The van der Waals surface area contributed by atoms with E-state index in [-0.39, 0.29) is 0 Å². The molecule has 0 N–H and O–H groups in total. The van der Waals surface area contributed by atoms with Crippen LogP contribution in [0.15, 0.2) is 28.7 Å². The predicted molar refractivity (Wildman–Crippen MR) is 90.2 cm³/mol. The highest BCUT2D eigenvalue weighted by Crippen LogP contribution is 2.40. The van der Waals surface area contributed by atoms with Gasteiger partial charge < -0.3 is 0 Å². The molecule has 1 aromatic heterocycles. The first-order valence-electron chi connectivity index (χ1n) is 7.18. The number of nitrogens with zero attached hydrogens (tertiary/aromatic N) is 1. The van der Waals surface area contributed by atoms with Crippen molar-refractivity contribution in [3.05, 3.63) is 39.3 Å². The van der Waals surface area contributed by atoms with Crippen LogP contribution in [0.5, 0.6) is 0 Å². The molecule has 0 amide bonds. The van der Waals surface area contributed by atoms with Crippen molar-refractivity contribution in [3.63, 3.8) is 0 Å². The van der Waals surface area contributed by atoms with Gasteiger partial charge in [-0.15, -0.1) is 11.3 Å². The highest BCUT2D eigenvalue weighted by atomic mass is 79.9. The van der Waals surface area contributed by atoms with Crippen LogP contribution >= 0.6 is 27.3 Å². The van der Waals surface area contributed by atoms with Gasteiger partial charge in [-0.3, -0.25) is 0 Å². The molecule has 3 heteroatoms. The van der Waals surface area contributed by atoms with E-state index in [9.17, 15) is 0 Å². The first kappa shape index (κ1) is 14.3. The molecule has 0 spiro atoms. The minimum atomic E-state index is 0.402. The van der Waals surface area contributed by atoms with E-state index in [0.717, 1.165) is 16.8 Å². The van der Waals surface area contributed by atoms with Crippen molar-refractivity contribution < 1.29 is 0 Å². The minimum Gasteiger partial charge on any atom is -0.241 e. The molecule has 1 aliphatic carbocycles. The summed E-state index contributed by atoms with van der Waals surface area (Å²) in [7, 11) is 0. The Morgan fingerprint density at radius 2 is 1.90 bits per heavy atom. The van der Waals surface area contributed by atoms with Gasteiger partial charge in [0, 0.05) is 14.9 Å². The molecule has 0 saturated carbocycles. The zero-order chi connectivity index (χ0) is 14.3. The van der Waals surface area contributed by atoms with Crippen molar-refractivity contribution in [2.75, 3.05) is 0 Å². The molecular weight excluding hydrogens is 330 g/mol. The summed E-state index contributed by atoms with van der Waals surface area (Å²) in [5.74, 6) is 0.785. The third kappa shape index (κ3) is 2.84. The van der Waals surface area contributed by atoms with Crippen LogP contribution < -0.4 is 0 Å². The number of benzene rings is 1. The van der Waals surface area contributed by atoms with Crippen LogP contribution in [-0.4, -0.2) is 4.98 Å². The summed E-state index contributed by atoms with van der Waals surface area (Å²) in [6, 6.07) is 8.48. The molecule has 0 saturated heterocycles. The summed E-state index contributed by atoms with van der Waals surface area (Å²) in [4.78, 5) is 6.38. The summed E-state index contributed by atoms with van der Waals surface area (Å²) < 4.78 is 1.12. The molecule has 1 atom stereocenters. The molecule has 2 aromatic rings. The second-order valence-corrected chi connectivity index (χ2v) is 8.70. The fraction of sp³-hybridized carbons (Fsp3) is 0.471. The fourth-order valence-electron chi connectivity index (χ4n) is 2.83. The Morgan fingerprint density at radius 3 is 2.55 bits per heavy atom. The van der Waals surface area contributed by atoms with Gasteiger partial charge in [0.1, 0.15) is 5.01 Å². The number of hydrogen-bond acceptors (Lipinski definition) is 2. The average molecular weight is 350 g/mol. The predicted octanol–water partition coefficient (Wildman–Crippen LogP) is 5.72. The lowest BCUT2D eigenvalue weighted by Gasteiger charge is -2.33. The third-order valence-corrected chi connectivity index (χ3v) is 5.95. The molecule has 1 nitrogen and oxygen atoms in total. The van der Waals surface area contributed by atoms with Crippen LogP contribution in [0.2, 0.25) is 0 Å². The maximum Gasteiger partial charge on any atom is 0.123 e. The van der Waals surface area contributed by atoms with E-state index in [1.807, 2.05) is 11.3 Å². The van der Waals surface area contributed by atoms with E-state index in [1.165, 1.54) is 34.0 Å². The number of rotatable bonds is 1. The molecule has 1 heterocycles. The maximum atomic E-state index is 4.87. The van der Waals surface area contributed by atoms with Crippen LogP contribution in [0.3, 0.4) is 0 Å². The highest BCUT2D eigenvalue weighted by Gasteiger charge is 2.30. The van der Waals surface area contributed by atoms with E-state index in [0.29, 0.717) is 5.41 Å². The van der Waals surface area contributed by atoms with Crippen LogP contribution in [0.4, 0.5) is 0 Å². The Balaban J connectivity index is 1.89. The normalized spacial score (nSPS) is 18.9. The first-order chi connectivity index (χ1) is 9.43. The Labute approximate surface area is 133 Å². The monoisotopic (exact) mass is 349 g/mol. The van der Waals surface area contributed by atoms with Gasteiger partial charge in [0.25, 0.3) is 0 Å². The van der Waals surface area contributed by atoms with Crippen LogP contribution in [0.1, 0.15) is 37.8 Å². The van der Waals surface area contributed by atoms with Crippen LogP contribution in [0.25, 0.3) is 10.6 Å². The maximum absolute atomic E-state index is 4.87. The van der Waals surface area contributed by atoms with Crippen molar-refractivity contribution in [2.45, 2.75) is 40.0 Å². The second-order valence-electron chi connectivity index (χ2n) is 6.70. The largest absolute Gasteiger partial charge is 0.241 e. The molecule has 1 unspecified atom stereocenters. The van der Waals surface area contributed by atoms with Gasteiger partial charge in [-0.05, 0) is 42.7 Å². The van der Waals surface area contributed by atoms with E-state index in [1.54, 1.807) is 0 Å². The molecular formula is C17H20BrNS. The van der Waals surface area contributed by atoms with Gasteiger partial charge in [0.2, 0.25) is 0 Å². The number of aryl methyl sites for hydroxylation is 1. The van der Waals surface area contributed by atoms with Gasteiger partial charge in [-0.2, -0.15) is 0 Å². The lowest BCUT2D eigenvalue weighted by Crippen LogP contribution is -2.26. The van der Waals surface area contributed by atoms with Crippen LogP contribution in [0, 0.1) is 11.3 Å². The average Bonchev–Trinajstić information content (AvgIpc) is 2.81. The van der Waals surface area contributed by atoms with E-state index < -0.39 is 0 Å². The van der Waals surface area contributed by atoms with E-state index in [2.05, 4.69) is 61.0 Å². The Kier molecular flexibility index (Phi) is 3.76. The van der Waals surface area contributed by atoms with Gasteiger partial charge in [0.15, 0.2) is 0 Å². The summed E-state index contributed by atoms with van der Waals surface area (Å²) in [6.45, 7) is 7.08. The Morgan fingerprint density at radius 1 is 1.20 bits per heavy atom. The number of aromatic nitrogens is 1. The lowest BCUT2D eigenvalue weighted by atomic mass is 9.73. The summed E-state index contributed by atoms with van der Waals surface area (Å²) in [5.41, 5.74) is 2.98. The SMILES string of the molecule is CC(C)(C)C1CCc2nc(-c3ccc(Br)cc3)sc2C1. The number of thiazole rings is 1. The number of halogens is 1. The van der Waals surface area contributed by atoms with Gasteiger partial charge >= 0.3 is 0 Å². The topological polar surface area (TPSA) is 12.9 Å². The zero-order valence-electron chi connectivity index (χ0n) is 12.2. The molecule has 106 valence electrons. The quantitative estimate of drug-likeness (QED) is 0.641. The van der Waals surface area contributed by atoms with E-state index >= 15 is 0 Å². The zero-order valence-corrected chi connectivity index (χ0v) is 14.6. The van der Waals surface area contributed by atoms with Crippen LogP contribution in [-0.2, 0) is 12.8 Å². The Bertz CT molecular complexity index is 607. The molecule has 0 radical (unpaired) electrons. The fourth-order valence-corrected chi connectivity index (χ4v) is 4.29. The molecule has 0 aliphatic heterocycles. The highest BCUT2D eigenvalue weighted by molar-refractivity contribution is 9.10. The molecule has 1 aromatic carbocycles. The van der Waals surface area contributed by atoms with Crippen molar-refractivity contribution >= 4 is 27.3 Å². The number of fused-ring (bicyclic) bond motifs is 1. The van der Waals surface area contributed by atoms with Crippen molar-refractivity contribution in [3.8, 4) is 10.6 Å². The van der Waals surface area contributed by atoms with Crippen molar-refractivity contribution in [1.82, 2.24) is 4.98 Å². The number of hydrogen-bond donors (Lipinski definition) is 0. The smallest absolute Gasteiger partial charge is 0.123 e. The lowest BCUT2D eigenvalue weighted by molar-refractivity contribution is 0.217. The van der Waals surface area contributed by atoms with Gasteiger partial charge in [-0.25, -0.2) is 4.98 Å². The molecule has 3 rings (SSSR count). The summed E-state index contributed by atoms with van der Waals surface area (Å²) >= 11 is 5.38.